The van der Waals surface area contributed by atoms with Gasteiger partial charge in [0.25, 0.3) is 5.91 Å². The number of carbonyl (C=O) groups is 2. The number of hydrogen-bond acceptors (Lipinski definition) is 6. The first-order valence-electron chi connectivity index (χ1n) is 8.37. The fourth-order valence-corrected chi connectivity index (χ4v) is 2.80. The summed E-state index contributed by atoms with van der Waals surface area (Å²) in [5.74, 6) is 4.10. The summed E-state index contributed by atoms with van der Waals surface area (Å²) in [5, 5.41) is 8.04. The minimum absolute atomic E-state index is 0.240. The molecule has 8 nitrogen and oxygen atoms in total. The second kappa shape index (κ2) is 7.29. The first kappa shape index (κ1) is 17.4. The standard InChI is InChI=1S/C20H15N5O3/c21-28-20(27)17-5-1-3-14-12-25(24-18(14)17)16-8-6-15(7-9-16)23-19(26)13-4-2-10-22-11-13/h1-12H,21H2,(H,23,26). The van der Waals surface area contributed by atoms with Crippen molar-refractivity contribution in [3.8, 4) is 5.69 Å². The van der Waals surface area contributed by atoms with Gasteiger partial charge in [-0.15, -0.1) is 0 Å². The van der Waals surface area contributed by atoms with Gasteiger partial charge in [0.15, 0.2) is 0 Å². The molecular formula is C20H15N5O3. The maximum Gasteiger partial charge on any atom is 0.358 e. The van der Waals surface area contributed by atoms with Crippen LogP contribution in [-0.4, -0.2) is 26.6 Å². The summed E-state index contributed by atoms with van der Waals surface area (Å²) in [4.78, 5) is 32.2. The summed E-state index contributed by atoms with van der Waals surface area (Å²) >= 11 is 0. The van der Waals surface area contributed by atoms with Crippen molar-refractivity contribution in [2.24, 2.45) is 5.90 Å². The largest absolute Gasteiger partial charge is 0.370 e. The topological polar surface area (TPSA) is 112 Å². The summed E-state index contributed by atoms with van der Waals surface area (Å²) in [5.41, 5.74) is 2.67. The van der Waals surface area contributed by atoms with Gasteiger partial charge in [-0.25, -0.2) is 9.48 Å². The molecule has 0 bridgehead atoms. The Morgan fingerprint density at radius 3 is 2.57 bits per heavy atom. The molecule has 0 atom stereocenters. The minimum Gasteiger partial charge on any atom is -0.370 e. The zero-order chi connectivity index (χ0) is 19.5. The van der Waals surface area contributed by atoms with E-state index in [-0.39, 0.29) is 5.91 Å². The number of carbonyl (C=O) groups excluding carboxylic acids is 2. The van der Waals surface area contributed by atoms with E-state index in [2.05, 4.69) is 20.2 Å². The Hall–Kier alpha value is -4.04. The molecule has 0 radical (unpaired) electrons. The number of amides is 1. The van der Waals surface area contributed by atoms with Crippen molar-refractivity contribution < 1.29 is 14.4 Å². The Bertz CT molecular complexity index is 1150. The first-order chi connectivity index (χ1) is 13.7. The normalized spacial score (nSPS) is 10.6. The van der Waals surface area contributed by atoms with E-state index in [9.17, 15) is 9.59 Å². The maximum absolute atomic E-state index is 12.2. The van der Waals surface area contributed by atoms with E-state index in [0.29, 0.717) is 22.3 Å². The first-order valence-corrected chi connectivity index (χ1v) is 8.37. The molecule has 0 aliphatic heterocycles. The maximum atomic E-state index is 12.2. The average molecular weight is 373 g/mol. The molecule has 0 spiro atoms. The second-order valence-corrected chi connectivity index (χ2v) is 5.97. The SMILES string of the molecule is NOC(=O)c1cccc2cn(-c3ccc(NC(=O)c4cccnc4)cc3)nc12. The molecule has 0 aliphatic carbocycles. The Labute approximate surface area is 159 Å². The Kier molecular flexibility index (Phi) is 4.53. The van der Waals surface area contributed by atoms with Gasteiger partial charge in [-0.05, 0) is 42.5 Å². The number of nitrogens with one attached hydrogen (secondary N) is 1. The molecule has 0 aliphatic rings. The van der Waals surface area contributed by atoms with Crippen LogP contribution in [0.5, 0.6) is 0 Å². The van der Waals surface area contributed by atoms with E-state index >= 15 is 0 Å². The molecule has 2 aromatic heterocycles. The number of aromatic nitrogens is 3. The van der Waals surface area contributed by atoms with Crippen LogP contribution in [0.2, 0.25) is 0 Å². The number of pyridine rings is 1. The molecule has 1 amide bonds. The molecule has 0 saturated carbocycles. The van der Waals surface area contributed by atoms with Gasteiger partial charge in [0.1, 0.15) is 5.52 Å². The zero-order valence-electron chi connectivity index (χ0n) is 14.6. The van der Waals surface area contributed by atoms with Gasteiger partial charge in [0.2, 0.25) is 0 Å². The summed E-state index contributed by atoms with van der Waals surface area (Å²) in [6.07, 6.45) is 4.91. The lowest BCUT2D eigenvalue weighted by Crippen LogP contribution is -2.12. The van der Waals surface area contributed by atoms with Gasteiger partial charge in [-0.2, -0.15) is 11.0 Å². The van der Waals surface area contributed by atoms with E-state index in [1.807, 2.05) is 18.2 Å². The van der Waals surface area contributed by atoms with Crippen LogP contribution in [0.15, 0.2) is 73.2 Å². The molecule has 3 N–H and O–H groups in total. The van der Waals surface area contributed by atoms with Crippen molar-refractivity contribution in [1.82, 2.24) is 14.8 Å². The van der Waals surface area contributed by atoms with Gasteiger partial charge in [0.05, 0.1) is 16.8 Å². The number of fused-ring (bicyclic) bond motifs is 1. The fourth-order valence-electron chi connectivity index (χ4n) is 2.80. The molecule has 4 aromatic rings. The number of nitrogens with zero attached hydrogens (tertiary/aromatic N) is 3. The lowest BCUT2D eigenvalue weighted by atomic mass is 10.1. The Morgan fingerprint density at radius 2 is 1.86 bits per heavy atom. The van der Waals surface area contributed by atoms with Crippen molar-refractivity contribution in [3.05, 3.63) is 84.3 Å². The quantitative estimate of drug-likeness (QED) is 0.532. The molecule has 138 valence electrons. The van der Waals surface area contributed by atoms with Crippen LogP contribution in [-0.2, 0) is 4.84 Å². The summed E-state index contributed by atoms with van der Waals surface area (Å²) in [6.45, 7) is 0. The smallest absolute Gasteiger partial charge is 0.358 e. The highest BCUT2D eigenvalue weighted by atomic mass is 16.7. The highest BCUT2D eigenvalue weighted by Crippen LogP contribution is 2.21. The van der Waals surface area contributed by atoms with Gasteiger partial charge in [0, 0.05) is 29.7 Å². The molecule has 0 fully saturated rings. The monoisotopic (exact) mass is 373 g/mol. The predicted molar refractivity (Wildman–Crippen MR) is 103 cm³/mol. The summed E-state index contributed by atoms with van der Waals surface area (Å²) < 4.78 is 1.64. The van der Waals surface area contributed by atoms with E-state index < -0.39 is 5.97 Å². The zero-order valence-corrected chi connectivity index (χ0v) is 14.6. The van der Waals surface area contributed by atoms with Gasteiger partial charge in [-0.3, -0.25) is 9.78 Å². The number of benzene rings is 2. The third-order valence-corrected chi connectivity index (χ3v) is 4.18. The molecule has 0 saturated heterocycles. The third kappa shape index (κ3) is 3.31. The van der Waals surface area contributed by atoms with Crippen LogP contribution in [0.25, 0.3) is 16.6 Å². The molecule has 0 unspecified atom stereocenters. The second-order valence-electron chi connectivity index (χ2n) is 5.97. The Morgan fingerprint density at radius 1 is 1.04 bits per heavy atom. The predicted octanol–water partition coefficient (Wildman–Crippen LogP) is 2.70. The molecular weight excluding hydrogens is 358 g/mol. The molecule has 8 heteroatoms. The van der Waals surface area contributed by atoms with E-state index in [1.165, 1.54) is 6.20 Å². The van der Waals surface area contributed by atoms with Crippen LogP contribution in [0.1, 0.15) is 20.7 Å². The van der Waals surface area contributed by atoms with E-state index in [0.717, 1.165) is 11.1 Å². The van der Waals surface area contributed by atoms with Gasteiger partial charge >= 0.3 is 5.97 Å². The lowest BCUT2D eigenvalue weighted by molar-refractivity contribution is 0.0505. The number of rotatable bonds is 4. The molecule has 2 heterocycles. The van der Waals surface area contributed by atoms with Crippen molar-refractivity contribution >= 4 is 28.5 Å². The summed E-state index contributed by atoms with van der Waals surface area (Å²) in [7, 11) is 0. The van der Waals surface area contributed by atoms with Crippen LogP contribution in [0, 0.1) is 0 Å². The van der Waals surface area contributed by atoms with Crippen molar-refractivity contribution in [3.63, 3.8) is 0 Å². The molecule has 4 rings (SSSR count). The number of nitrogens with two attached hydrogens (primary N) is 1. The highest BCUT2D eigenvalue weighted by Gasteiger charge is 2.14. The molecule has 28 heavy (non-hydrogen) atoms. The van der Waals surface area contributed by atoms with Crippen molar-refractivity contribution in [2.45, 2.75) is 0 Å². The van der Waals surface area contributed by atoms with E-state index in [1.54, 1.807) is 53.5 Å². The third-order valence-electron chi connectivity index (χ3n) is 4.18. The number of hydrogen-bond donors (Lipinski definition) is 2. The highest BCUT2D eigenvalue weighted by molar-refractivity contribution is 6.04. The van der Waals surface area contributed by atoms with Crippen LogP contribution >= 0.6 is 0 Å². The van der Waals surface area contributed by atoms with Crippen molar-refractivity contribution in [1.29, 1.82) is 0 Å². The van der Waals surface area contributed by atoms with Crippen molar-refractivity contribution in [2.75, 3.05) is 5.32 Å². The lowest BCUT2D eigenvalue weighted by Gasteiger charge is -2.06. The average Bonchev–Trinajstić information content (AvgIpc) is 3.18. The number of anilines is 1. The van der Waals surface area contributed by atoms with Crippen LogP contribution in [0.3, 0.4) is 0 Å². The van der Waals surface area contributed by atoms with Gasteiger partial charge in [-0.1, -0.05) is 12.1 Å². The van der Waals surface area contributed by atoms with Gasteiger partial charge < -0.3 is 10.2 Å². The van der Waals surface area contributed by atoms with Crippen LogP contribution in [0.4, 0.5) is 5.69 Å². The Balaban J connectivity index is 1.59. The minimum atomic E-state index is -0.649. The van der Waals surface area contributed by atoms with Crippen LogP contribution < -0.4 is 11.2 Å². The molecule has 2 aromatic carbocycles. The summed E-state index contributed by atoms with van der Waals surface area (Å²) in [6, 6.07) is 15.7. The fraction of sp³-hybridized carbons (Fsp3) is 0. The van der Waals surface area contributed by atoms with E-state index in [4.69, 9.17) is 5.90 Å².